The number of nitrogens with zero attached hydrogens (tertiary/aromatic N) is 2. The van der Waals surface area contributed by atoms with E-state index in [1.807, 2.05) is 6.07 Å². The van der Waals surface area contributed by atoms with E-state index in [0.717, 1.165) is 18.9 Å². The second-order valence-corrected chi connectivity index (χ2v) is 4.00. The van der Waals surface area contributed by atoms with Gasteiger partial charge in [0.2, 0.25) is 0 Å². The van der Waals surface area contributed by atoms with Crippen LogP contribution in [0.1, 0.15) is 29.6 Å². The molecule has 1 aromatic rings. The summed E-state index contributed by atoms with van der Waals surface area (Å²) >= 11 is 0. The van der Waals surface area contributed by atoms with Crippen LogP contribution in [0.15, 0.2) is 18.3 Å². The third-order valence-electron chi connectivity index (χ3n) is 2.91. The van der Waals surface area contributed by atoms with Gasteiger partial charge in [0.15, 0.2) is 0 Å². The molecular formula is C12H17N3O. The van der Waals surface area contributed by atoms with Gasteiger partial charge in [-0.1, -0.05) is 0 Å². The van der Waals surface area contributed by atoms with Gasteiger partial charge < -0.3 is 10.2 Å². The summed E-state index contributed by atoms with van der Waals surface area (Å²) < 4.78 is 0. The predicted octanol–water partition coefficient (Wildman–Crippen LogP) is 1.43. The van der Waals surface area contributed by atoms with Crippen LogP contribution >= 0.6 is 0 Å². The lowest BCUT2D eigenvalue weighted by Gasteiger charge is -2.28. The molecule has 16 heavy (non-hydrogen) atoms. The SMILES string of the molecule is CNC(=O)c1cccnc1N1CCCCC1. The molecule has 4 nitrogen and oxygen atoms in total. The summed E-state index contributed by atoms with van der Waals surface area (Å²) in [4.78, 5) is 18.2. The summed E-state index contributed by atoms with van der Waals surface area (Å²) in [7, 11) is 1.65. The number of hydrogen-bond donors (Lipinski definition) is 1. The monoisotopic (exact) mass is 219 g/mol. The van der Waals surface area contributed by atoms with Gasteiger partial charge in [-0.2, -0.15) is 0 Å². The molecule has 2 heterocycles. The second-order valence-electron chi connectivity index (χ2n) is 4.00. The number of hydrogen-bond acceptors (Lipinski definition) is 3. The molecule has 0 bridgehead atoms. The van der Waals surface area contributed by atoms with E-state index >= 15 is 0 Å². The van der Waals surface area contributed by atoms with Gasteiger partial charge in [0, 0.05) is 26.3 Å². The van der Waals surface area contributed by atoms with Gasteiger partial charge in [-0.25, -0.2) is 4.98 Å². The fourth-order valence-corrected chi connectivity index (χ4v) is 2.07. The molecule has 0 aliphatic carbocycles. The van der Waals surface area contributed by atoms with E-state index in [0.29, 0.717) is 5.56 Å². The first-order chi connectivity index (χ1) is 7.83. The average Bonchev–Trinajstić information content (AvgIpc) is 2.39. The van der Waals surface area contributed by atoms with Gasteiger partial charge in [0.1, 0.15) is 5.82 Å². The van der Waals surface area contributed by atoms with E-state index in [2.05, 4.69) is 15.2 Å². The molecule has 1 aliphatic heterocycles. The largest absolute Gasteiger partial charge is 0.356 e. The minimum absolute atomic E-state index is 0.0614. The number of piperidine rings is 1. The van der Waals surface area contributed by atoms with Crippen molar-refractivity contribution in [3.8, 4) is 0 Å². The Hall–Kier alpha value is -1.58. The van der Waals surface area contributed by atoms with Crippen molar-refractivity contribution in [2.45, 2.75) is 19.3 Å². The third kappa shape index (κ3) is 2.15. The fraction of sp³-hybridized carbons (Fsp3) is 0.500. The lowest BCUT2D eigenvalue weighted by Crippen LogP contribution is -2.32. The van der Waals surface area contributed by atoms with Crippen LogP contribution in [0.5, 0.6) is 0 Å². The molecule has 1 saturated heterocycles. The van der Waals surface area contributed by atoms with E-state index in [1.54, 1.807) is 19.3 Å². The first-order valence-corrected chi connectivity index (χ1v) is 5.75. The van der Waals surface area contributed by atoms with Crippen LogP contribution in [0.4, 0.5) is 5.82 Å². The number of aromatic nitrogens is 1. The van der Waals surface area contributed by atoms with Crippen molar-refractivity contribution in [3.05, 3.63) is 23.9 Å². The lowest BCUT2D eigenvalue weighted by atomic mass is 10.1. The van der Waals surface area contributed by atoms with Gasteiger partial charge in [0.05, 0.1) is 5.56 Å². The van der Waals surface area contributed by atoms with Crippen LogP contribution in [-0.2, 0) is 0 Å². The first-order valence-electron chi connectivity index (χ1n) is 5.75. The van der Waals surface area contributed by atoms with Crippen molar-refractivity contribution in [1.29, 1.82) is 0 Å². The van der Waals surface area contributed by atoms with Crippen molar-refractivity contribution in [2.24, 2.45) is 0 Å². The Labute approximate surface area is 95.7 Å². The summed E-state index contributed by atoms with van der Waals surface area (Å²) in [5, 5.41) is 2.66. The zero-order valence-electron chi connectivity index (χ0n) is 9.57. The molecule has 0 radical (unpaired) electrons. The Morgan fingerprint density at radius 1 is 1.38 bits per heavy atom. The summed E-state index contributed by atoms with van der Waals surface area (Å²) in [6, 6.07) is 3.63. The van der Waals surface area contributed by atoms with E-state index in [4.69, 9.17) is 0 Å². The Morgan fingerprint density at radius 3 is 2.81 bits per heavy atom. The molecular weight excluding hydrogens is 202 g/mol. The molecule has 86 valence electrons. The van der Waals surface area contributed by atoms with Crippen molar-refractivity contribution >= 4 is 11.7 Å². The normalized spacial score (nSPS) is 15.9. The Bertz CT molecular complexity index is 372. The highest BCUT2D eigenvalue weighted by Crippen LogP contribution is 2.21. The Kier molecular flexibility index (Phi) is 3.39. The molecule has 0 spiro atoms. The van der Waals surface area contributed by atoms with E-state index in [-0.39, 0.29) is 5.91 Å². The first kappa shape index (κ1) is 10.9. The van der Waals surface area contributed by atoms with Gasteiger partial charge in [-0.05, 0) is 31.4 Å². The Balaban J connectivity index is 2.28. The number of pyridine rings is 1. The molecule has 0 atom stereocenters. The second kappa shape index (κ2) is 4.96. The van der Waals surface area contributed by atoms with Crippen LogP contribution in [0.3, 0.4) is 0 Å². The highest BCUT2D eigenvalue weighted by molar-refractivity contribution is 5.98. The van der Waals surface area contributed by atoms with Crippen LogP contribution in [-0.4, -0.2) is 31.0 Å². The quantitative estimate of drug-likeness (QED) is 0.818. The molecule has 1 N–H and O–H groups in total. The summed E-state index contributed by atoms with van der Waals surface area (Å²) in [5.41, 5.74) is 0.673. The molecule has 2 rings (SSSR count). The highest BCUT2D eigenvalue weighted by atomic mass is 16.1. The standard InChI is InChI=1S/C12H17N3O/c1-13-12(16)10-6-5-7-14-11(10)15-8-3-2-4-9-15/h5-7H,2-4,8-9H2,1H3,(H,13,16). The minimum atomic E-state index is -0.0614. The van der Waals surface area contributed by atoms with E-state index in [9.17, 15) is 4.79 Å². The molecule has 4 heteroatoms. The smallest absolute Gasteiger partial charge is 0.254 e. The maximum atomic E-state index is 11.7. The molecule has 0 aromatic carbocycles. The van der Waals surface area contributed by atoms with Crippen molar-refractivity contribution in [3.63, 3.8) is 0 Å². The van der Waals surface area contributed by atoms with Crippen LogP contribution in [0.2, 0.25) is 0 Å². The van der Waals surface area contributed by atoms with E-state index < -0.39 is 0 Å². The maximum Gasteiger partial charge on any atom is 0.254 e. The maximum absolute atomic E-state index is 11.7. The lowest BCUT2D eigenvalue weighted by molar-refractivity contribution is 0.0963. The number of anilines is 1. The number of rotatable bonds is 2. The summed E-state index contributed by atoms with van der Waals surface area (Å²) in [6.07, 6.45) is 5.39. The van der Waals surface area contributed by atoms with Gasteiger partial charge in [-0.3, -0.25) is 4.79 Å². The number of nitrogens with one attached hydrogen (secondary N) is 1. The van der Waals surface area contributed by atoms with Gasteiger partial charge in [-0.15, -0.1) is 0 Å². The molecule has 1 aliphatic rings. The van der Waals surface area contributed by atoms with Crippen molar-refractivity contribution < 1.29 is 4.79 Å². The van der Waals surface area contributed by atoms with Crippen LogP contribution in [0, 0.1) is 0 Å². The van der Waals surface area contributed by atoms with Crippen molar-refractivity contribution in [2.75, 3.05) is 25.0 Å². The highest BCUT2D eigenvalue weighted by Gasteiger charge is 2.18. The molecule has 1 aromatic heterocycles. The minimum Gasteiger partial charge on any atom is -0.356 e. The topological polar surface area (TPSA) is 45.2 Å². The molecule has 0 unspecified atom stereocenters. The zero-order valence-corrected chi connectivity index (χ0v) is 9.57. The van der Waals surface area contributed by atoms with Gasteiger partial charge >= 0.3 is 0 Å². The zero-order chi connectivity index (χ0) is 11.4. The van der Waals surface area contributed by atoms with Gasteiger partial charge in [0.25, 0.3) is 5.91 Å². The van der Waals surface area contributed by atoms with Crippen LogP contribution in [0.25, 0.3) is 0 Å². The summed E-state index contributed by atoms with van der Waals surface area (Å²) in [5.74, 6) is 0.759. The van der Waals surface area contributed by atoms with Crippen LogP contribution < -0.4 is 10.2 Å². The Morgan fingerprint density at radius 2 is 2.12 bits per heavy atom. The third-order valence-corrected chi connectivity index (χ3v) is 2.91. The molecule has 1 fully saturated rings. The van der Waals surface area contributed by atoms with E-state index in [1.165, 1.54) is 19.3 Å². The average molecular weight is 219 g/mol. The number of carbonyl (C=O) groups is 1. The number of carbonyl (C=O) groups excluding carboxylic acids is 1. The summed E-state index contributed by atoms with van der Waals surface area (Å²) in [6.45, 7) is 2.00. The number of amides is 1. The molecule has 0 saturated carbocycles. The molecule has 1 amide bonds. The predicted molar refractivity (Wildman–Crippen MR) is 63.7 cm³/mol. The fourth-order valence-electron chi connectivity index (χ4n) is 2.07. The van der Waals surface area contributed by atoms with Crippen molar-refractivity contribution in [1.82, 2.24) is 10.3 Å².